The molecule has 0 unspecified atom stereocenters. The van der Waals surface area contributed by atoms with Gasteiger partial charge >= 0.3 is 5.97 Å². The second-order valence-electron chi connectivity index (χ2n) is 4.86. The molecule has 1 aliphatic rings. The fourth-order valence-electron chi connectivity index (χ4n) is 2.64. The quantitative estimate of drug-likeness (QED) is 0.740. The van der Waals surface area contributed by atoms with Crippen molar-refractivity contribution in [1.82, 2.24) is 0 Å². The maximum Gasteiger partial charge on any atom is 0.309 e. The van der Waals surface area contributed by atoms with Crippen LogP contribution in [0.5, 0.6) is 0 Å². The first-order valence-electron chi connectivity index (χ1n) is 6.27. The predicted octanol–water partition coefficient (Wildman–Crippen LogP) is 3.46. The van der Waals surface area contributed by atoms with Crippen molar-refractivity contribution in [3.05, 3.63) is 0 Å². The molecule has 2 nitrogen and oxygen atoms in total. The van der Waals surface area contributed by atoms with E-state index in [1.807, 2.05) is 0 Å². The van der Waals surface area contributed by atoms with Crippen molar-refractivity contribution in [2.24, 2.45) is 11.3 Å². The summed E-state index contributed by atoms with van der Waals surface area (Å²) in [5.41, 5.74) is -0.477. The molecule has 0 aromatic carbocycles. The van der Waals surface area contributed by atoms with Gasteiger partial charge < -0.3 is 5.11 Å². The Bertz CT molecular complexity index is 288. The molecular weight excluding hydrogens is 200 g/mol. The summed E-state index contributed by atoms with van der Waals surface area (Å²) in [4.78, 5) is 11.4. The Morgan fingerprint density at radius 1 is 1.44 bits per heavy atom. The number of hydrogen-bond donors (Lipinski definition) is 1. The van der Waals surface area contributed by atoms with Gasteiger partial charge in [-0.15, -0.1) is 11.8 Å². The summed E-state index contributed by atoms with van der Waals surface area (Å²) >= 11 is 0. The average Bonchev–Trinajstić information content (AvgIpc) is 2.30. The second-order valence-corrected chi connectivity index (χ2v) is 4.86. The zero-order chi connectivity index (χ0) is 12.0. The number of hydrogen-bond acceptors (Lipinski definition) is 1. The van der Waals surface area contributed by atoms with Crippen LogP contribution in [0.15, 0.2) is 0 Å². The zero-order valence-corrected chi connectivity index (χ0v) is 10.4. The van der Waals surface area contributed by atoms with Crippen LogP contribution in [0.25, 0.3) is 0 Å². The first kappa shape index (κ1) is 13.1. The highest BCUT2D eigenvalue weighted by atomic mass is 16.4. The van der Waals surface area contributed by atoms with Crippen LogP contribution in [0.2, 0.25) is 0 Å². The van der Waals surface area contributed by atoms with Gasteiger partial charge in [-0.05, 0) is 44.9 Å². The van der Waals surface area contributed by atoms with Crippen LogP contribution in [0.1, 0.15) is 58.8 Å². The van der Waals surface area contributed by atoms with E-state index in [4.69, 9.17) is 0 Å². The van der Waals surface area contributed by atoms with Gasteiger partial charge in [-0.1, -0.05) is 13.3 Å². The van der Waals surface area contributed by atoms with Crippen molar-refractivity contribution in [3.8, 4) is 11.8 Å². The third-order valence-electron chi connectivity index (χ3n) is 4.00. The van der Waals surface area contributed by atoms with Gasteiger partial charge in [0, 0.05) is 6.42 Å². The van der Waals surface area contributed by atoms with Crippen LogP contribution in [-0.2, 0) is 4.79 Å². The van der Waals surface area contributed by atoms with Gasteiger partial charge in [0.1, 0.15) is 0 Å². The molecule has 1 N–H and O–H groups in total. The normalized spacial score (nSPS) is 29.2. The average molecular weight is 222 g/mol. The molecule has 1 aliphatic carbocycles. The summed E-state index contributed by atoms with van der Waals surface area (Å²) in [7, 11) is 0. The van der Waals surface area contributed by atoms with Crippen molar-refractivity contribution in [3.63, 3.8) is 0 Å². The Morgan fingerprint density at radius 3 is 2.50 bits per heavy atom. The number of carbonyl (C=O) groups is 1. The van der Waals surface area contributed by atoms with Crippen LogP contribution >= 0.6 is 0 Å². The SMILES string of the molecule is CC#CCCC1(C(=O)O)CCC(CC)CC1. The zero-order valence-electron chi connectivity index (χ0n) is 10.4. The topological polar surface area (TPSA) is 37.3 Å². The van der Waals surface area contributed by atoms with Crippen LogP contribution in [0.3, 0.4) is 0 Å². The van der Waals surface area contributed by atoms with Gasteiger partial charge in [-0.3, -0.25) is 4.79 Å². The minimum absolute atomic E-state index is 0.477. The predicted molar refractivity (Wildman–Crippen MR) is 65.0 cm³/mol. The van der Waals surface area contributed by atoms with E-state index in [1.165, 1.54) is 6.42 Å². The molecule has 2 heteroatoms. The molecule has 0 aromatic heterocycles. The highest BCUT2D eigenvalue weighted by molar-refractivity contribution is 5.74. The molecular formula is C14H22O2. The number of carboxylic acids is 1. The van der Waals surface area contributed by atoms with Crippen molar-refractivity contribution in [2.75, 3.05) is 0 Å². The minimum atomic E-state index is -0.611. The first-order chi connectivity index (χ1) is 7.64. The summed E-state index contributed by atoms with van der Waals surface area (Å²) in [5, 5.41) is 9.40. The molecule has 90 valence electrons. The molecule has 0 spiro atoms. The maximum absolute atomic E-state index is 11.4. The maximum atomic E-state index is 11.4. The van der Waals surface area contributed by atoms with Crippen molar-refractivity contribution in [1.29, 1.82) is 0 Å². The third-order valence-corrected chi connectivity index (χ3v) is 4.00. The molecule has 0 radical (unpaired) electrons. The van der Waals surface area contributed by atoms with Crippen molar-refractivity contribution >= 4 is 5.97 Å². The number of rotatable bonds is 4. The second kappa shape index (κ2) is 5.94. The molecule has 1 fully saturated rings. The summed E-state index contributed by atoms with van der Waals surface area (Å²) in [6.45, 7) is 4.00. The van der Waals surface area contributed by atoms with Crippen LogP contribution < -0.4 is 0 Å². The molecule has 0 aromatic rings. The molecule has 0 saturated heterocycles. The lowest BCUT2D eigenvalue weighted by atomic mass is 9.67. The largest absolute Gasteiger partial charge is 0.481 e. The van der Waals surface area contributed by atoms with Crippen LogP contribution in [0, 0.1) is 23.2 Å². The first-order valence-corrected chi connectivity index (χ1v) is 6.27. The van der Waals surface area contributed by atoms with Crippen LogP contribution in [-0.4, -0.2) is 11.1 Å². The van der Waals surface area contributed by atoms with Gasteiger partial charge in [-0.25, -0.2) is 0 Å². The molecule has 0 atom stereocenters. The monoisotopic (exact) mass is 222 g/mol. The van der Waals surface area contributed by atoms with Crippen molar-refractivity contribution < 1.29 is 9.90 Å². The smallest absolute Gasteiger partial charge is 0.309 e. The van der Waals surface area contributed by atoms with E-state index in [2.05, 4.69) is 18.8 Å². The summed E-state index contributed by atoms with van der Waals surface area (Å²) in [5.74, 6) is 5.96. The Balaban J connectivity index is 2.60. The third kappa shape index (κ3) is 3.01. The van der Waals surface area contributed by atoms with Crippen molar-refractivity contribution in [2.45, 2.75) is 58.8 Å². The van der Waals surface area contributed by atoms with E-state index < -0.39 is 11.4 Å². The Kier molecular flexibility index (Phi) is 4.86. The van der Waals surface area contributed by atoms with E-state index in [0.29, 0.717) is 0 Å². The Labute approximate surface area is 98.4 Å². The lowest BCUT2D eigenvalue weighted by Gasteiger charge is -2.36. The Morgan fingerprint density at radius 2 is 2.06 bits per heavy atom. The lowest BCUT2D eigenvalue weighted by molar-refractivity contribution is -0.152. The molecule has 0 aliphatic heterocycles. The van der Waals surface area contributed by atoms with Gasteiger partial charge in [0.05, 0.1) is 5.41 Å². The van der Waals surface area contributed by atoms with Gasteiger partial charge in [0.2, 0.25) is 0 Å². The van der Waals surface area contributed by atoms with Gasteiger partial charge in [-0.2, -0.15) is 0 Å². The van der Waals surface area contributed by atoms with E-state index in [9.17, 15) is 9.90 Å². The Hall–Kier alpha value is -0.970. The summed E-state index contributed by atoms with van der Waals surface area (Å²) in [6.07, 6.45) is 6.45. The number of carboxylic acid groups (broad SMARTS) is 1. The standard InChI is InChI=1S/C14H22O2/c1-3-5-6-9-14(13(15)16)10-7-12(4-2)8-11-14/h12H,4,6-11H2,1-2H3,(H,15,16). The minimum Gasteiger partial charge on any atom is -0.481 e. The fourth-order valence-corrected chi connectivity index (χ4v) is 2.64. The summed E-state index contributed by atoms with van der Waals surface area (Å²) in [6, 6.07) is 0. The number of aliphatic carboxylic acids is 1. The fraction of sp³-hybridized carbons (Fsp3) is 0.786. The highest BCUT2D eigenvalue weighted by Crippen LogP contribution is 2.43. The van der Waals surface area contributed by atoms with Gasteiger partial charge in [0.25, 0.3) is 0 Å². The molecule has 0 heterocycles. The molecule has 0 amide bonds. The van der Waals surface area contributed by atoms with E-state index in [0.717, 1.165) is 44.4 Å². The van der Waals surface area contributed by atoms with Crippen LogP contribution in [0.4, 0.5) is 0 Å². The molecule has 0 bridgehead atoms. The van der Waals surface area contributed by atoms with E-state index in [-0.39, 0.29) is 0 Å². The van der Waals surface area contributed by atoms with E-state index >= 15 is 0 Å². The molecule has 1 saturated carbocycles. The molecule has 1 rings (SSSR count). The van der Waals surface area contributed by atoms with Gasteiger partial charge in [0.15, 0.2) is 0 Å². The lowest BCUT2D eigenvalue weighted by Crippen LogP contribution is -2.35. The highest BCUT2D eigenvalue weighted by Gasteiger charge is 2.40. The van der Waals surface area contributed by atoms with E-state index in [1.54, 1.807) is 6.92 Å². The molecule has 16 heavy (non-hydrogen) atoms. The summed E-state index contributed by atoms with van der Waals surface area (Å²) < 4.78 is 0.